The van der Waals surface area contributed by atoms with E-state index in [1.807, 2.05) is 0 Å². The summed E-state index contributed by atoms with van der Waals surface area (Å²) in [5.41, 5.74) is 6.26. The second kappa shape index (κ2) is 12.8. The molecular weight excluding hydrogens is 432 g/mol. The average molecular weight is 467 g/mol. The van der Waals surface area contributed by atoms with Crippen LogP contribution in [0.5, 0.6) is 5.75 Å². The molecule has 0 aromatic heterocycles. The van der Waals surface area contributed by atoms with Crippen LogP contribution in [0.3, 0.4) is 0 Å². The normalized spacial score (nSPS) is 16.4. The van der Waals surface area contributed by atoms with Crippen molar-refractivity contribution in [2.45, 2.75) is 70.8 Å². The Hall–Kier alpha value is -3.18. The van der Waals surface area contributed by atoms with Crippen LogP contribution in [0, 0.1) is 5.92 Å². The zero-order valence-corrected chi connectivity index (χ0v) is 19.2. The molecule has 0 fully saturated rings. The van der Waals surface area contributed by atoms with E-state index in [2.05, 4.69) is 16.0 Å². The number of nitrogens with one attached hydrogen (secondary N) is 3. The quantitative estimate of drug-likeness (QED) is 0.209. The number of benzene rings is 1. The van der Waals surface area contributed by atoms with Gasteiger partial charge in [-0.05, 0) is 37.5 Å². The molecule has 11 nitrogen and oxygen atoms in total. The minimum absolute atomic E-state index is 0.0172. The van der Waals surface area contributed by atoms with E-state index in [1.54, 1.807) is 26.0 Å². The highest BCUT2D eigenvalue weighted by atomic mass is 16.4. The Labute approximate surface area is 192 Å². The molecule has 3 amide bonds. The number of phenolic OH excluding ortho intramolecular Hbond substituents is 1. The van der Waals surface area contributed by atoms with E-state index in [9.17, 15) is 34.5 Å². The van der Waals surface area contributed by atoms with Crippen molar-refractivity contribution in [3.63, 3.8) is 0 Å². The lowest BCUT2D eigenvalue weighted by Gasteiger charge is -2.25. The van der Waals surface area contributed by atoms with Crippen LogP contribution in [0.25, 0.3) is 0 Å². The van der Waals surface area contributed by atoms with Gasteiger partial charge in [0.05, 0.1) is 6.10 Å². The van der Waals surface area contributed by atoms with Crippen molar-refractivity contribution in [2.75, 3.05) is 0 Å². The summed E-state index contributed by atoms with van der Waals surface area (Å²) in [6, 6.07) is 1.35. The molecule has 1 aromatic rings. The number of amides is 3. The van der Waals surface area contributed by atoms with Gasteiger partial charge in [-0.15, -0.1) is 0 Å². The van der Waals surface area contributed by atoms with Crippen LogP contribution in [-0.4, -0.2) is 69.3 Å². The Bertz CT molecular complexity index is 829. The summed E-state index contributed by atoms with van der Waals surface area (Å²) in [5, 5.41) is 35.7. The number of aliphatic hydroxyl groups is 1. The van der Waals surface area contributed by atoms with Gasteiger partial charge in [-0.25, -0.2) is 4.79 Å². The minimum atomic E-state index is -1.27. The Balaban J connectivity index is 2.96. The zero-order valence-electron chi connectivity index (χ0n) is 19.2. The first-order chi connectivity index (χ1) is 15.4. The lowest BCUT2D eigenvalue weighted by atomic mass is 9.99. The van der Waals surface area contributed by atoms with E-state index in [0.29, 0.717) is 12.0 Å². The van der Waals surface area contributed by atoms with Crippen LogP contribution in [0.1, 0.15) is 39.7 Å². The summed E-state index contributed by atoms with van der Waals surface area (Å²) in [5.74, 6) is -3.62. The first-order valence-electron chi connectivity index (χ1n) is 10.7. The number of hydrogen-bond acceptors (Lipinski definition) is 7. The molecular formula is C22H34N4O7. The van der Waals surface area contributed by atoms with Crippen LogP contribution in [-0.2, 0) is 25.6 Å². The predicted molar refractivity (Wildman–Crippen MR) is 120 cm³/mol. The molecule has 0 heterocycles. The molecule has 1 aromatic carbocycles. The Morgan fingerprint density at radius 2 is 1.52 bits per heavy atom. The Morgan fingerprint density at radius 1 is 0.939 bits per heavy atom. The van der Waals surface area contributed by atoms with Gasteiger partial charge in [0, 0.05) is 6.42 Å². The monoisotopic (exact) mass is 466 g/mol. The summed E-state index contributed by atoms with van der Waals surface area (Å²) in [4.78, 5) is 49.2. The molecule has 11 heteroatoms. The summed E-state index contributed by atoms with van der Waals surface area (Å²) in [6.45, 7) is 6.22. The summed E-state index contributed by atoms with van der Waals surface area (Å²) < 4.78 is 0. The number of aliphatic hydroxyl groups excluding tert-OH is 1. The number of aromatic hydroxyl groups is 1. The third-order valence-corrected chi connectivity index (χ3v) is 5.36. The summed E-state index contributed by atoms with van der Waals surface area (Å²) >= 11 is 0. The third kappa shape index (κ3) is 8.70. The largest absolute Gasteiger partial charge is 0.508 e. The maximum Gasteiger partial charge on any atom is 0.326 e. The van der Waals surface area contributed by atoms with Gasteiger partial charge in [-0.1, -0.05) is 32.4 Å². The second-order valence-corrected chi connectivity index (χ2v) is 8.14. The SMILES string of the molecule is CCC(C)C(NC(=O)C(C)NC(=O)C(Cc1ccc(O)cc1)NC(=O)C(N)C(C)O)C(=O)O. The molecule has 0 aliphatic rings. The summed E-state index contributed by atoms with van der Waals surface area (Å²) in [7, 11) is 0. The van der Waals surface area contributed by atoms with Gasteiger partial charge in [0.25, 0.3) is 0 Å². The molecule has 0 aliphatic heterocycles. The number of carboxylic acid groups (broad SMARTS) is 1. The highest BCUT2D eigenvalue weighted by Gasteiger charge is 2.30. The van der Waals surface area contributed by atoms with Gasteiger partial charge < -0.3 is 37.0 Å². The average Bonchev–Trinajstić information content (AvgIpc) is 2.76. The maximum absolute atomic E-state index is 12.9. The molecule has 0 bridgehead atoms. The molecule has 6 atom stereocenters. The van der Waals surface area contributed by atoms with Crippen molar-refractivity contribution < 1.29 is 34.5 Å². The van der Waals surface area contributed by atoms with Gasteiger partial charge in [-0.3, -0.25) is 14.4 Å². The fourth-order valence-corrected chi connectivity index (χ4v) is 2.90. The lowest BCUT2D eigenvalue weighted by Crippen LogP contribution is -2.58. The van der Waals surface area contributed by atoms with Crippen molar-refractivity contribution >= 4 is 23.7 Å². The van der Waals surface area contributed by atoms with Crippen molar-refractivity contribution in [3.8, 4) is 5.75 Å². The van der Waals surface area contributed by atoms with Crippen LogP contribution >= 0.6 is 0 Å². The molecule has 6 unspecified atom stereocenters. The molecule has 0 aliphatic carbocycles. The van der Waals surface area contributed by atoms with E-state index < -0.39 is 54.0 Å². The molecule has 0 radical (unpaired) electrons. The van der Waals surface area contributed by atoms with E-state index in [1.165, 1.54) is 26.0 Å². The molecule has 0 saturated carbocycles. The Kier molecular flexibility index (Phi) is 10.8. The number of aliphatic carboxylic acids is 1. The van der Waals surface area contributed by atoms with Gasteiger partial charge in [0.1, 0.15) is 29.9 Å². The fraction of sp³-hybridized carbons (Fsp3) is 0.545. The van der Waals surface area contributed by atoms with E-state index in [-0.39, 0.29) is 18.1 Å². The fourth-order valence-electron chi connectivity index (χ4n) is 2.90. The number of carboxylic acids is 1. The zero-order chi connectivity index (χ0) is 25.3. The number of hydrogen-bond donors (Lipinski definition) is 7. The van der Waals surface area contributed by atoms with Crippen molar-refractivity contribution in [1.82, 2.24) is 16.0 Å². The van der Waals surface area contributed by atoms with Crippen LogP contribution in [0.2, 0.25) is 0 Å². The van der Waals surface area contributed by atoms with Gasteiger partial charge >= 0.3 is 5.97 Å². The molecule has 33 heavy (non-hydrogen) atoms. The first-order valence-corrected chi connectivity index (χ1v) is 10.7. The summed E-state index contributed by atoms with van der Waals surface area (Å²) in [6.07, 6.45) is -0.605. The van der Waals surface area contributed by atoms with Crippen LogP contribution < -0.4 is 21.7 Å². The molecule has 0 spiro atoms. The van der Waals surface area contributed by atoms with Crippen molar-refractivity contribution in [2.24, 2.45) is 11.7 Å². The standard InChI is InChI=1S/C22H34N4O7/c1-5-11(2)18(22(32)33)26-19(29)12(3)24-20(30)16(25-21(31)17(23)13(4)27)10-14-6-8-15(28)9-7-14/h6-9,11-13,16-18,27-28H,5,10,23H2,1-4H3,(H,24,30)(H,25,31)(H,26,29)(H,32,33). The second-order valence-electron chi connectivity index (χ2n) is 8.14. The number of phenols is 1. The van der Waals surface area contributed by atoms with Gasteiger partial charge in [-0.2, -0.15) is 0 Å². The minimum Gasteiger partial charge on any atom is -0.508 e. The highest BCUT2D eigenvalue weighted by molar-refractivity contribution is 5.94. The number of nitrogens with two attached hydrogens (primary N) is 1. The third-order valence-electron chi connectivity index (χ3n) is 5.36. The smallest absolute Gasteiger partial charge is 0.326 e. The van der Waals surface area contributed by atoms with E-state index >= 15 is 0 Å². The van der Waals surface area contributed by atoms with Crippen molar-refractivity contribution in [3.05, 3.63) is 29.8 Å². The predicted octanol–water partition coefficient (Wildman–Crippen LogP) is -0.752. The topological polar surface area (TPSA) is 191 Å². The lowest BCUT2D eigenvalue weighted by molar-refractivity contribution is -0.143. The highest BCUT2D eigenvalue weighted by Crippen LogP contribution is 2.12. The van der Waals surface area contributed by atoms with E-state index in [0.717, 1.165) is 0 Å². The Morgan fingerprint density at radius 3 is 2.00 bits per heavy atom. The number of carbonyl (C=O) groups is 4. The van der Waals surface area contributed by atoms with Crippen molar-refractivity contribution in [1.29, 1.82) is 0 Å². The number of carbonyl (C=O) groups excluding carboxylic acids is 3. The maximum atomic E-state index is 12.9. The number of rotatable bonds is 12. The first kappa shape index (κ1) is 27.9. The molecule has 0 saturated heterocycles. The van der Waals surface area contributed by atoms with Gasteiger partial charge in [0.2, 0.25) is 17.7 Å². The van der Waals surface area contributed by atoms with Crippen LogP contribution in [0.15, 0.2) is 24.3 Å². The molecule has 184 valence electrons. The van der Waals surface area contributed by atoms with Gasteiger partial charge in [0.15, 0.2) is 0 Å². The molecule has 8 N–H and O–H groups in total. The van der Waals surface area contributed by atoms with Crippen LogP contribution in [0.4, 0.5) is 0 Å². The molecule has 1 rings (SSSR count). The van der Waals surface area contributed by atoms with E-state index in [4.69, 9.17) is 5.73 Å².